The van der Waals surface area contributed by atoms with Crippen LogP contribution in [-0.2, 0) is 11.3 Å². The quantitative estimate of drug-likeness (QED) is 0.884. The fraction of sp³-hybridized carbons (Fsp3) is 0.350. The Balaban J connectivity index is 1.88. The summed E-state index contributed by atoms with van der Waals surface area (Å²) in [6.07, 6.45) is -0.534. The Hall–Kier alpha value is -2.49. The van der Waals surface area contributed by atoms with Crippen molar-refractivity contribution in [1.82, 2.24) is 5.32 Å². The molecule has 2 aromatic carbocycles. The lowest BCUT2D eigenvalue weighted by Gasteiger charge is -2.16. The first-order valence-corrected chi connectivity index (χ1v) is 8.14. The summed E-state index contributed by atoms with van der Waals surface area (Å²) in [5.41, 5.74) is 4.56. The Bertz CT molecular complexity index is 693. The van der Waals surface area contributed by atoms with Gasteiger partial charge in [0.2, 0.25) is 0 Å². The number of hydrogen-bond donors (Lipinski definition) is 1. The number of carbonyl (C=O) groups excluding carboxylic acids is 1. The van der Waals surface area contributed by atoms with Crippen LogP contribution in [-0.4, -0.2) is 26.1 Å². The van der Waals surface area contributed by atoms with Crippen LogP contribution in [0.3, 0.4) is 0 Å². The molecule has 4 heteroatoms. The molecule has 2 rings (SSSR count). The molecule has 2 aromatic rings. The SMILES string of the molecule is Cc1ccc(OC(C)C(=O)NCc2ccc(N(C)C)cc2)cc1C. The molecule has 1 unspecified atom stereocenters. The van der Waals surface area contributed by atoms with Crippen molar-refractivity contribution in [2.24, 2.45) is 0 Å². The van der Waals surface area contributed by atoms with Gasteiger partial charge < -0.3 is 15.0 Å². The normalized spacial score (nSPS) is 11.7. The molecule has 0 aromatic heterocycles. The number of amides is 1. The number of nitrogens with zero attached hydrogens (tertiary/aromatic N) is 1. The van der Waals surface area contributed by atoms with Crippen LogP contribution in [0.5, 0.6) is 5.75 Å². The predicted molar refractivity (Wildman–Crippen MR) is 98.6 cm³/mol. The molecule has 0 saturated heterocycles. The largest absolute Gasteiger partial charge is 0.481 e. The molecule has 0 aliphatic rings. The first kappa shape index (κ1) is 17.9. The predicted octanol–water partition coefficient (Wildman–Crippen LogP) is 3.45. The molecule has 1 atom stereocenters. The fourth-order valence-corrected chi connectivity index (χ4v) is 2.29. The van der Waals surface area contributed by atoms with Crippen LogP contribution in [0.1, 0.15) is 23.6 Å². The zero-order valence-corrected chi connectivity index (χ0v) is 15.1. The Morgan fingerprint density at radius 3 is 2.33 bits per heavy atom. The maximum Gasteiger partial charge on any atom is 0.261 e. The highest BCUT2D eigenvalue weighted by Gasteiger charge is 2.14. The molecule has 0 fully saturated rings. The van der Waals surface area contributed by atoms with Gasteiger partial charge in [0.25, 0.3) is 5.91 Å². The summed E-state index contributed by atoms with van der Waals surface area (Å²) < 4.78 is 5.73. The maximum absolute atomic E-state index is 12.2. The standard InChI is InChI=1S/C20H26N2O2/c1-14-6-11-19(12-15(14)2)24-16(3)20(23)21-13-17-7-9-18(10-8-17)22(4)5/h6-12,16H,13H2,1-5H3,(H,21,23). The van der Waals surface area contributed by atoms with Crippen molar-refractivity contribution in [2.75, 3.05) is 19.0 Å². The van der Waals surface area contributed by atoms with E-state index in [1.54, 1.807) is 6.92 Å². The van der Waals surface area contributed by atoms with Crippen molar-refractivity contribution in [3.63, 3.8) is 0 Å². The highest BCUT2D eigenvalue weighted by atomic mass is 16.5. The Labute approximate surface area is 144 Å². The van der Waals surface area contributed by atoms with Gasteiger partial charge in [-0.3, -0.25) is 4.79 Å². The highest BCUT2D eigenvalue weighted by Crippen LogP contribution is 2.18. The van der Waals surface area contributed by atoms with Crippen molar-refractivity contribution >= 4 is 11.6 Å². The Morgan fingerprint density at radius 1 is 1.08 bits per heavy atom. The number of nitrogens with one attached hydrogen (secondary N) is 1. The van der Waals surface area contributed by atoms with Gasteiger partial charge in [-0.2, -0.15) is 0 Å². The van der Waals surface area contributed by atoms with Crippen LogP contribution in [0.25, 0.3) is 0 Å². The van der Waals surface area contributed by atoms with Gasteiger partial charge in [-0.15, -0.1) is 0 Å². The van der Waals surface area contributed by atoms with E-state index in [2.05, 4.69) is 12.2 Å². The van der Waals surface area contributed by atoms with E-state index in [1.807, 2.05) is 68.4 Å². The molecule has 0 spiro atoms. The van der Waals surface area contributed by atoms with Crippen LogP contribution >= 0.6 is 0 Å². The van der Waals surface area contributed by atoms with Crippen molar-refractivity contribution < 1.29 is 9.53 Å². The van der Waals surface area contributed by atoms with Crippen LogP contribution < -0.4 is 15.0 Å². The highest BCUT2D eigenvalue weighted by molar-refractivity contribution is 5.80. The summed E-state index contributed by atoms with van der Waals surface area (Å²) in [6, 6.07) is 14.0. The number of hydrogen-bond acceptors (Lipinski definition) is 3. The van der Waals surface area contributed by atoms with Crippen LogP contribution in [0.4, 0.5) is 5.69 Å². The van der Waals surface area contributed by atoms with Gasteiger partial charge in [-0.05, 0) is 61.7 Å². The lowest BCUT2D eigenvalue weighted by Crippen LogP contribution is -2.35. The summed E-state index contributed by atoms with van der Waals surface area (Å²) >= 11 is 0. The molecule has 128 valence electrons. The third-order valence-electron chi connectivity index (χ3n) is 4.08. The molecule has 0 aliphatic heterocycles. The monoisotopic (exact) mass is 326 g/mol. The molecular weight excluding hydrogens is 300 g/mol. The summed E-state index contributed by atoms with van der Waals surface area (Å²) in [5.74, 6) is 0.598. The first-order valence-electron chi connectivity index (χ1n) is 8.14. The summed E-state index contributed by atoms with van der Waals surface area (Å²) in [4.78, 5) is 14.2. The molecule has 1 N–H and O–H groups in total. The number of anilines is 1. The zero-order chi connectivity index (χ0) is 17.7. The van der Waals surface area contributed by atoms with E-state index in [0.717, 1.165) is 22.6 Å². The van der Waals surface area contributed by atoms with E-state index in [0.29, 0.717) is 6.54 Å². The molecule has 4 nitrogen and oxygen atoms in total. The maximum atomic E-state index is 12.2. The van der Waals surface area contributed by atoms with Crippen LogP contribution in [0, 0.1) is 13.8 Å². The van der Waals surface area contributed by atoms with Crippen molar-refractivity contribution in [3.05, 3.63) is 59.2 Å². The van der Waals surface area contributed by atoms with E-state index in [1.165, 1.54) is 5.56 Å². The zero-order valence-electron chi connectivity index (χ0n) is 15.1. The van der Waals surface area contributed by atoms with Gasteiger partial charge in [0.15, 0.2) is 6.10 Å². The molecule has 24 heavy (non-hydrogen) atoms. The topological polar surface area (TPSA) is 41.6 Å². The lowest BCUT2D eigenvalue weighted by molar-refractivity contribution is -0.127. The number of ether oxygens (including phenoxy) is 1. The molecule has 0 saturated carbocycles. The van der Waals surface area contributed by atoms with Gasteiger partial charge in [0.1, 0.15) is 5.75 Å². The third kappa shape index (κ3) is 4.75. The second kappa shape index (κ2) is 7.86. The van der Waals surface area contributed by atoms with E-state index in [4.69, 9.17) is 4.74 Å². The lowest BCUT2D eigenvalue weighted by atomic mass is 10.1. The van der Waals surface area contributed by atoms with Crippen molar-refractivity contribution in [3.8, 4) is 5.75 Å². The number of carbonyl (C=O) groups is 1. The minimum atomic E-state index is -0.534. The smallest absolute Gasteiger partial charge is 0.261 e. The molecule has 0 heterocycles. The van der Waals surface area contributed by atoms with E-state index < -0.39 is 6.10 Å². The Morgan fingerprint density at radius 2 is 1.75 bits per heavy atom. The number of aryl methyl sites for hydroxylation is 2. The second-order valence-electron chi connectivity index (χ2n) is 6.28. The van der Waals surface area contributed by atoms with E-state index in [9.17, 15) is 4.79 Å². The Kier molecular flexibility index (Phi) is 5.85. The van der Waals surface area contributed by atoms with Crippen molar-refractivity contribution in [2.45, 2.75) is 33.4 Å². The second-order valence-corrected chi connectivity index (χ2v) is 6.28. The summed E-state index contributed by atoms with van der Waals surface area (Å²) in [6.45, 7) is 6.34. The molecular formula is C20H26N2O2. The van der Waals surface area contributed by atoms with E-state index in [-0.39, 0.29) is 5.91 Å². The van der Waals surface area contributed by atoms with Crippen molar-refractivity contribution in [1.29, 1.82) is 0 Å². The molecule has 0 aliphatic carbocycles. The minimum absolute atomic E-state index is 0.120. The molecule has 0 radical (unpaired) electrons. The average molecular weight is 326 g/mol. The molecule has 1 amide bonds. The average Bonchev–Trinajstić information content (AvgIpc) is 2.56. The van der Waals surface area contributed by atoms with Crippen LogP contribution in [0.2, 0.25) is 0 Å². The van der Waals surface area contributed by atoms with Gasteiger partial charge in [0, 0.05) is 26.3 Å². The minimum Gasteiger partial charge on any atom is -0.481 e. The summed E-state index contributed by atoms with van der Waals surface area (Å²) in [5, 5.41) is 2.92. The van der Waals surface area contributed by atoms with Gasteiger partial charge >= 0.3 is 0 Å². The van der Waals surface area contributed by atoms with Gasteiger partial charge in [0.05, 0.1) is 0 Å². The fourth-order valence-electron chi connectivity index (χ4n) is 2.29. The van der Waals surface area contributed by atoms with Gasteiger partial charge in [-0.25, -0.2) is 0 Å². The molecule has 0 bridgehead atoms. The first-order chi connectivity index (χ1) is 11.4. The summed E-state index contributed by atoms with van der Waals surface area (Å²) in [7, 11) is 4.01. The van der Waals surface area contributed by atoms with E-state index >= 15 is 0 Å². The number of rotatable bonds is 6. The number of benzene rings is 2. The van der Waals surface area contributed by atoms with Crippen LogP contribution in [0.15, 0.2) is 42.5 Å². The third-order valence-corrected chi connectivity index (χ3v) is 4.08. The van der Waals surface area contributed by atoms with Gasteiger partial charge in [-0.1, -0.05) is 18.2 Å².